The van der Waals surface area contributed by atoms with E-state index in [2.05, 4.69) is 0 Å². The van der Waals surface area contributed by atoms with E-state index in [-0.39, 0.29) is 11.5 Å². The van der Waals surface area contributed by atoms with Crippen LogP contribution in [-0.2, 0) is 9.47 Å². The minimum Gasteiger partial charge on any atom is -0.462 e. The van der Waals surface area contributed by atoms with Gasteiger partial charge in [0.2, 0.25) is 12.6 Å². The van der Waals surface area contributed by atoms with Gasteiger partial charge < -0.3 is 59.8 Å². The third kappa shape index (κ3) is 4.68. The number of aliphatic hydroxyl groups excluding tert-OH is 8. The van der Waals surface area contributed by atoms with Gasteiger partial charge >= 0.3 is 0 Å². The molecule has 1 aromatic rings. The molecule has 2 heterocycles. The second-order valence-electron chi connectivity index (χ2n) is 7.10. The maximum Gasteiger partial charge on any atom is 0.229 e. The Bertz CT molecular complexity index is 611. The molecular formula is C18H26O12. The van der Waals surface area contributed by atoms with Crippen LogP contribution in [0.4, 0.5) is 0 Å². The van der Waals surface area contributed by atoms with Gasteiger partial charge in [-0.25, -0.2) is 0 Å². The third-order valence-electron chi connectivity index (χ3n) is 5.03. The van der Waals surface area contributed by atoms with Crippen molar-refractivity contribution in [1.82, 2.24) is 0 Å². The highest BCUT2D eigenvalue weighted by Gasteiger charge is 2.45. The maximum atomic E-state index is 10.0. The quantitative estimate of drug-likeness (QED) is 0.216. The van der Waals surface area contributed by atoms with E-state index in [9.17, 15) is 40.9 Å². The predicted molar refractivity (Wildman–Crippen MR) is 95.2 cm³/mol. The van der Waals surface area contributed by atoms with Crippen LogP contribution < -0.4 is 9.47 Å². The maximum absolute atomic E-state index is 10.0. The molecule has 0 unspecified atom stereocenters. The Morgan fingerprint density at radius 1 is 0.567 bits per heavy atom. The molecule has 170 valence electrons. The van der Waals surface area contributed by atoms with Crippen molar-refractivity contribution in [2.75, 3.05) is 13.2 Å². The molecule has 0 bridgehead atoms. The fourth-order valence-corrected chi connectivity index (χ4v) is 3.19. The predicted octanol–water partition coefficient (Wildman–Crippen LogP) is -3.96. The molecule has 0 spiro atoms. The largest absolute Gasteiger partial charge is 0.462 e. The standard InChI is InChI=1S/C18H26O12/c19-5-9-11(21)13(23)15(25)17(29-9)27-7-1-2-8(4-3-7)28-18-16(26)14(24)12(22)10(6-20)30-18/h1-4,9-26H,5-6H2/t9-,10-,11-,12-,13+,14+,15-,16-,17+,18+/m1/s1. The molecule has 30 heavy (non-hydrogen) atoms. The van der Waals surface area contributed by atoms with Crippen LogP contribution in [0.2, 0.25) is 0 Å². The van der Waals surface area contributed by atoms with Crippen molar-refractivity contribution in [2.24, 2.45) is 0 Å². The Balaban J connectivity index is 1.62. The van der Waals surface area contributed by atoms with Crippen LogP contribution in [0, 0.1) is 0 Å². The van der Waals surface area contributed by atoms with Gasteiger partial charge in [-0.05, 0) is 24.3 Å². The Kier molecular flexibility index (Phi) is 7.47. The number of hydrogen-bond acceptors (Lipinski definition) is 12. The SMILES string of the molecule is OC[C@H]1O[C@H](Oc2ccc(O[C@H]3O[C@H](CO)[C@@H](O)[C@H](O)[C@H]3O)cc2)[C@H](O)[C@@H](O)[C@@H]1O. The molecule has 3 rings (SSSR count). The highest BCUT2D eigenvalue weighted by Crippen LogP contribution is 2.28. The lowest BCUT2D eigenvalue weighted by Gasteiger charge is -2.39. The fraction of sp³-hybridized carbons (Fsp3) is 0.667. The van der Waals surface area contributed by atoms with Crippen molar-refractivity contribution in [1.29, 1.82) is 0 Å². The van der Waals surface area contributed by atoms with E-state index in [1.54, 1.807) is 0 Å². The van der Waals surface area contributed by atoms with Crippen LogP contribution in [0.3, 0.4) is 0 Å². The second kappa shape index (κ2) is 9.70. The van der Waals surface area contributed by atoms with Crippen LogP contribution in [0.15, 0.2) is 24.3 Å². The van der Waals surface area contributed by atoms with Crippen molar-refractivity contribution in [3.8, 4) is 11.5 Å². The average Bonchev–Trinajstić information content (AvgIpc) is 2.75. The summed E-state index contributed by atoms with van der Waals surface area (Å²) in [6.45, 7) is -1.17. The van der Waals surface area contributed by atoms with E-state index >= 15 is 0 Å². The van der Waals surface area contributed by atoms with Gasteiger partial charge in [-0.15, -0.1) is 0 Å². The molecule has 8 N–H and O–H groups in total. The topological polar surface area (TPSA) is 199 Å². The van der Waals surface area contributed by atoms with E-state index in [4.69, 9.17) is 18.9 Å². The molecule has 12 nitrogen and oxygen atoms in total. The molecule has 2 fully saturated rings. The lowest BCUT2D eigenvalue weighted by molar-refractivity contribution is -0.278. The summed E-state index contributed by atoms with van der Waals surface area (Å²) in [7, 11) is 0. The molecule has 10 atom stereocenters. The van der Waals surface area contributed by atoms with Crippen molar-refractivity contribution in [3.63, 3.8) is 0 Å². The molecule has 0 aromatic heterocycles. The molecular weight excluding hydrogens is 408 g/mol. The van der Waals surface area contributed by atoms with Gasteiger partial charge in [0.25, 0.3) is 0 Å². The first-order valence-electron chi connectivity index (χ1n) is 9.31. The highest BCUT2D eigenvalue weighted by molar-refractivity contribution is 5.31. The van der Waals surface area contributed by atoms with Crippen molar-refractivity contribution in [3.05, 3.63) is 24.3 Å². The summed E-state index contributed by atoms with van der Waals surface area (Å²) >= 11 is 0. The molecule has 1 aromatic carbocycles. The zero-order chi connectivity index (χ0) is 22.0. The van der Waals surface area contributed by atoms with Gasteiger partial charge in [0.15, 0.2) is 0 Å². The monoisotopic (exact) mass is 434 g/mol. The lowest BCUT2D eigenvalue weighted by atomic mass is 9.99. The van der Waals surface area contributed by atoms with Crippen molar-refractivity contribution < 1.29 is 59.8 Å². The Labute approximate surface area is 171 Å². The van der Waals surface area contributed by atoms with Gasteiger partial charge in [0.1, 0.15) is 60.3 Å². The molecule has 0 radical (unpaired) electrons. The number of ether oxygens (including phenoxy) is 4. The first-order valence-corrected chi connectivity index (χ1v) is 9.31. The van der Waals surface area contributed by atoms with Gasteiger partial charge in [-0.2, -0.15) is 0 Å². The summed E-state index contributed by atoms with van der Waals surface area (Å²) in [5.41, 5.74) is 0. The number of aliphatic hydroxyl groups is 8. The minimum atomic E-state index is -1.57. The second-order valence-corrected chi connectivity index (χ2v) is 7.10. The van der Waals surface area contributed by atoms with E-state index in [0.717, 1.165) is 0 Å². The van der Waals surface area contributed by atoms with Gasteiger partial charge in [-0.3, -0.25) is 0 Å². The normalized spacial score (nSPS) is 42.0. The number of hydrogen-bond donors (Lipinski definition) is 8. The van der Waals surface area contributed by atoms with Crippen LogP contribution in [0.5, 0.6) is 11.5 Å². The summed E-state index contributed by atoms with van der Waals surface area (Å²) in [5, 5.41) is 77.6. The highest BCUT2D eigenvalue weighted by atomic mass is 16.7. The van der Waals surface area contributed by atoms with Crippen molar-refractivity contribution >= 4 is 0 Å². The van der Waals surface area contributed by atoms with E-state index < -0.39 is 74.6 Å². The average molecular weight is 434 g/mol. The van der Waals surface area contributed by atoms with E-state index in [1.807, 2.05) is 0 Å². The lowest BCUT2D eigenvalue weighted by Crippen LogP contribution is -2.60. The molecule has 2 aliphatic heterocycles. The first-order chi connectivity index (χ1) is 14.3. The molecule has 0 aliphatic carbocycles. The van der Waals surface area contributed by atoms with Crippen LogP contribution in [-0.4, -0.2) is 115 Å². The molecule has 2 saturated heterocycles. The first kappa shape index (κ1) is 23.1. The zero-order valence-corrected chi connectivity index (χ0v) is 15.7. The van der Waals surface area contributed by atoms with Gasteiger partial charge in [0.05, 0.1) is 13.2 Å². The Morgan fingerprint density at radius 2 is 0.900 bits per heavy atom. The van der Waals surface area contributed by atoms with E-state index in [1.165, 1.54) is 24.3 Å². The Morgan fingerprint density at radius 3 is 1.20 bits per heavy atom. The summed E-state index contributed by atoms with van der Waals surface area (Å²) in [6, 6.07) is 5.67. The van der Waals surface area contributed by atoms with Crippen LogP contribution in [0.25, 0.3) is 0 Å². The fourth-order valence-electron chi connectivity index (χ4n) is 3.19. The van der Waals surface area contributed by atoms with Crippen LogP contribution >= 0.6 is 0 Å². The molecule has 0 amide bonds. The molecule has 2 aliphatic rings. The molecule has 12 heteroatoms. The van der Waals surface area contributed by atoms with Gasteiger partial charge in [-0.1, -0.05) is 0 Å². The number of rotatable bonds is 6. The summed E-state index contributed by atoms with van der Waals surface area (Å²) in [4.78, 5) is 0. The smallest absolute Gasteiger partial charge is 0.229 e. The Hall–Kier alpha value is -1.58. The summed E-state index contributed by atoms with van der Waals surface area (Å²) in [6.07, 6.45) is -14.2. The third-order valence-corrected chi connectivity index (χ3v) is 5.03. The molecule has 0 saturated carbocycles. The summed E-state index contributed by atoms with van der Waals surface area (Å²) < 4.78 is 21.4. The van der Waals surface area contributed by atoms with Crippen molar-refractivity contribution in [2.45, 2.75) is 61.4 Å². The number of benzene rings is 1. The van der Waals surface area contributed by atoms with Crippen LogP contribution in [0.1, 0.15) is 0 Å². The zero-order valence-electron chi connectivity index (χ0n) is 15.7. The summed E-state index contributed by atoms with van der Waals surface area (Å²) in [5.74, 6) is 0.390. The van der Waals surface area contributed by atoms with Gasteiger partial charge in [0, 0.05) is 0 Å². The minimum absolute atomic E-state index is 0.195. The van der Waals surface area contributed by atoms with E-state index in [0.29, 0.717) is 0 Å².